The number of rotatable bonds is 6. The molecule has 1 aromatic carbocycles. The number of aromatic amines is 1. The Kier molecular flexibility index (Phi) is 5.65. The molecule has 0 unspecified atom stereocenters. The van der Waals surface area contributed by atoms with Crippen LogP contribution in [0.25, 0.3) is 11.4 Å². The van der Waals surface area contributed by atoms with E-state index >= 15 is 0 Å². The molecule has 0 atom stereocenters. The van der Waals surface area contributed by atoms with E-state index in [2.05, 4.69) is 39.8 Å². The molecule has 2 heterocycles. The molecule has 0 aliphatic heterocycles. The monoisotopic (exact) mass is 367 g/mol. The zero-order valence-electron chi connectivity index (χ0n) is 15.2. The van der Waals surface area contributed by atoms with Crippen LogP contribution in [0.2, 0.25) is 0 Å². The maximum Gasteiger partial charge on any atom is 0.286 e. The highest BCUT2D eigenvalue weighted by atomic mass is 16.5. The van der Waals surface area contributed by atoms with Crippen molar-refractivity contribution in [1.82, 2.24) is 26.0 Å². The van der Waals surface area contributed by atoms with E-state index < -0.39 is 5.91 Å². The van der Waals surface area contributed by atoms with E-state index in [0.717, 1.165) is 5.56 Å². The summed E-state index contributed by atoms with van der Waals surface area (Å²) in [6.07, 6.45) is 2.01. The van der Waals surface area contributed by atoms with Gasteiger partial charge >= 0.3 is 0 Å². The van der Waals surface area contributed by atoms with E-state index in [9.17, 15) is 9.59 Å². The average molecular weight is 367 g/mol. The summed E-state index contributed by atoms with van der Waals surface area (Å²) in [7, 11) is 0. The number of nitrogens with zero attached hydrogens (tertiary/aromatic N) is 2. The quantitative estimate of drug-likeness (QED) is 0.580. The van der Waals surface area contributed by atoms with Gasteiger partial charge in [0.1, 0.15) is 5.69 Å². The number of H-pyrrole nitrogens is 1. The second-order valence-corrected chi connectivity index (χ2v) is 6.37. The van der Waals surface area contributed by atoms with Crippen molar-refractivity contribution in [1.29, 1.82) is 0 Å². The zero-order valence-corrected chi connectivity index (χ0v) is 15.2. The van der Waals surface area contributed by atoms with Gasteiger partial charge in [-0.05, 0) is 23.6 Å². The lowest BCUT2D eigenvalue weighted by Gasteiger charge is -2.05. The fourth-order valence-corrected chi connectivity index (χ4v) is 2.44. The Hall–Kier alpha value is -3.42. The van der Waals surface area contributed by atoms with Crippen molar-refractivity contribution in [3.05, 3.63) is 59.7 Å². The largest absolute Gasteiger partial charge is 0.357 e. The first kappa shape index (κ1) is 18.4. The number of carbonyl (C=O) groups excluding carboxylic acids is 2. The number of benzene rings is 1. The molecular formula is C19H21N5O3. The molecule has 2 amide bonds. The molecule has 3 N–H and O–H groups in total. The Morgan fingerprint density at radius 3 is 2.59 bits per heavy atom. The zero-order chi connectivity index (χ0) is 19.2. The van der Waals surface area contributed by atoms with E-state index in [4.69, 9.17) is 4.52 Å². The average Bonchev–Trinajstić information content (AvgIpc) is 3.36. The van der Waals surface area contributed by atoms with Gasteiger partial charge in [-0.15, -0.1) is 0 Å². The summed E-state index contributed by atoms with van der Waals surface area (Å²) in [5.41, 5.74) is 7.13. The van der Waals surface area contributed by atoms with E-state index in [-0.39, 0.29) is 18.7 Å². The number of nitrogens with one attached hydrogen (secondary N) is 3. The van der Waals surface area contributed by atoms with Crippen molar-refractivity contribution >= 4 is 11.8 Å². The lowest BCUT2D eigenvalue weighted by Crippen LogP contribution is -2.41. The summed E-state index contributed by atoms with van der Waals surface area (Å²) in [5.74, 6) is 0.537. The number of carbonyl (C=O) groups is 2. The summed E-state index contributed by atoms with van der Waals surface area (Å²) in [6.45, 7) is 4.26. The molecule has 2 aromatic heterocycles. The van der Waals surface area contributed by atoms with Crippen LogP contribution in [0.3, 0.4) is 0 Å². The second kappa shape index (κ2) is 8.31. The Labute approximate surface area is 156 Å². The van der Waals surface area contributed by atoms with E-state index in [1.54, 1.807) is 18.3 Å². The summed E-state index contributed by atoms with van der Waals surface area (Å²) in [6, 6.07) is 11.3. The first-order chi connectivity index (χ1) is 13.0. The maximum absolute atomic E-state index is 11.8. The van der Waals surface area contributed by atoms with Crippen LogP contribution in [0.5, 0.6) is 0 Å². The third-order valence-corrected chi connectivity index (χ3v) is 4.03. The van der Waals surface area contributed by atoms with Gasteiger partial charge in [-0.25, -0.2) is 0 Å². The SMILES string of the molecule is CC(C)c1ccc(-c2noc(CCC(=O)NNC(=O)c3ccc[nH]3)n2)cc1. The van der Waals surface area contributed by atoms with Crippen LogP contribution in [0, 0.1) is 0 Å². The van der Waals surface area contributed by atoms with Crippen LogP contribution in [-0.4, -0.2) is 26.9 Å². The molecule has 8 heteroatoms. The smallest absolute Gasteiger partial charge is 0.286 e. The van der Waals surface area contributed by atoms with Crippen molar-refractivity contribution in [2.45, 2.75) is 32.6 Å². The molecule has 0 saturated carbocycles. The van der Waals surface area contributed by atoms with Crippen molar-refractivity contribution < 1.29 is 14.1 Å². The Morgan fingerprint density at radius 2 is 1.93 bits per heavy atom. The molecule has 0 bridgehead atoms. The Morgan fingerprint density at radius 1 is 1.15 bits per heavy atom. The molecule has 3 rings (SSSR count). The molecule has 140 valence electrons. The van der Waals surface area contributed by atoms with Crippen LogP contribution < -0.4 is 10.9 Å². The summed E-state index contributed by atoms with van der Waals surface area (Å²) in [4.78, 5) is 30.6. The first-order valence-electron chi connectivity index (χ1n) is 8.68. The standard InChI is InChI=1S/C19H21N5O3/c1-12(2)13-5-7-14(8-6-13)18-21-17(27-24-18)10-9-16(25)22-23-19(26)15-4-3-11-20-15/h3-8,11-12,20H,9-10H2,1-2H3,(H,22,25)(H,23,26). The second-order valence-electron chi connectivity index (χ2n) is 6.37. The Balaban J connectivity index is 1.49. The van der Waals surface area contributed by atoms with Gasteiger partial charge in [0.25, 0.3) is 5.91 Å². The van der Waals surface area contributed by atoms with Gasteiger partial charge < -0.3 is 9.51 Å². The molecule has 0 aliphatic carbocycles. The molecule has 0 fully saturated rings. The number of aryl methyl sites for hydroxylation is 1. The summed E-state index contributed by atoms with van der Waals surface area (Å²) < 4.78 is 5.20. The molecular weight excluding hydrogens is 346 g/mol. The van der Waals surface area contributed by atoms with Crippen LogP contribution in [0.1, 0.15) is 48.1 Å². The predicted octanol–water partition coefficient (Wildman–Crippen LogP) is 2.58. The molecule has 3 aromatic rings. The molecule has 0 aliphatic rings. The van der Waals surface area contributed by atoms with Gasteiger partial charge in [0.2, 0.25) is 17.6 Å². The highest BCUT2D eigenvalue weighted by Crippen LogP contribution is 2.20. The first-order valence-corrected chi connectivity index (χ1v) is 8.68. The van der Waals surface area contributed by atoms with E-state index in [0.29, 0.717) is 23.3 Å². The number of hydrogen-bond acceptors (Lipinski definition) is 5. The van der Waals surface area contributed by atoms with Crippen molar-refractivity contribution in [2.24, 2.45) is 0 Å². The van der Waals surface area contributed by atoms with Gasteiger partial charge in [-0.1, -0.05) is 43.3 Å². The highest BCUT2D eigenvalue weighted by Gasteiger charge is 2.12. The normalized spacial score (nSPS) is 10.8. The van der Waals surface area contributed by atoms with E-state index in [1.165, 1.54) is 5.56 Å². The fourth-order valence-electron chi connectivity index (χ4n) is 2.44. The number of aromatic nitrogens is 3. The minimum atomic E-state index is -0.418. The van der Waals surface area contributed by atoms with Gasteiger partial charge in [0.15, 0.2) is 0 Å². The molecule has 0 radical (unpaired) electrons. The molecule has 0 saturated heterocycles. The van der Waals surface area contributed by atoms with Gasteiger partial charge in [-0.3, -0.25) is 20.4 Å². The minimum Gasteiger partial charge on any atom is -0.357 e. The van der Waals surface area contributed by atoms with Gasteiger partial charge in [-0.2, -0.15) is 4.98 Å². The lowest BCUT2D eigenvalue weighted by molar-refractivity contribution is -0.121. The van der Waals surface area contributed by atoms with Crippen molar-refractivity contribution in [2.75, 3.05) is 0 Å². The third kappa shape index (κ3) is 4.81. The van der Waals surface area contributed by atoms with Gasteiger partial charge in [0, 0.05) is 24.6 Å². The van der Waals surface area contributed by atoms with E-state index in [1.807, 2.05) is 24.3 Å². The topological polar surface area (TPSA) is 113 Å². The van der Waals surface area contributed by atoms with Crippen LogP contribution in [0.4, 0.5) is 0 Å². The minimum absolute atomic E-state index is 0.110. The highest BCUT2D eigenvalue weighted by molar-refractivity contribution is 5.93. The summed E-state index contributed by atoms with van der Waals surface area (Å²) in [5, 5.41) is 3.96. The van der Waals surface area contributed by atoms with Crippen LogP contribution in [0.15, 0.2) is 47.1 Å². The van der Waals surface area contributed by atoms with Gasteiger partial charge in [0.05, 0.1) is 0 Å². The van der Waals surface area contributed by atoms with Crippen LogP contribution >= 0.6 is 0 Å². The Bertz CT molecular complexity index is 898. The number of hydrogen-bond donors (Lipinski definition) is 3. The molecule has 27 heavy (non-hydrogen) atoms. The van der Waals surface area contributed by atoms with Crippen LogP contribution in [-0.2, 0) is 11.2 Å². The van der Waals surface area contributed by atoms with Crippen molar-refractivity contribution in [3.63, 3.8) is 0 Å². The number of amides is 2. The summed E-state index contributed by atoms with van der Waals surface area (Å²) >= 11 is 0. The predicted molar refractivity (Wildman–Crippen MR) is 98.5 cm³/mol. The fraction of sp³-hybridized carbons (Fsp3) is 0.263. The molecule has 0 spiro atoms. The van der Waals surface area contributed by atoms with Crippen molar-refractivity contribution in [3.8, 4) is 11.4 Å². The number of hydrazine groups is 1. The lowest BCUT2D eigenvalue weighted by atomic mass is 10.0. The third-order valence-electron chi connectivity index (χ3n) is 4.03. The maximum atomic E-state index is 11.8. The molecule has 8 nitrogen and oxygen atoms in total.